The summed E-state index contributed by atoms with van der Waals surface area (Å²) in [5.74, 6) is 1.16. The number of hydrogen-bond acceptors (Lipinski definition) is 4. The summed E-state index contributed by atoms with van der Waals surface area (Å²) in [4.78, 5) is 4.18. The second-order valence-electron chi connectivity index (χ2n) is 3.99. The van der Waals surface area contributed by atoms with Crippen LogP contribution in [0.2, 0.25) is 0 Å². The lowest BCUT2D eigenvalue weighted by Gasteiger charge is -2.05. The van der Waals surface area contributed by atoms with Crippen LogP contribution >= 0.6 is 11.8 Å². The van der Waals surface area contributed by atoms with Crippen molar-refractivity contribution in [3.63, 3.8) is 0 Å². The molecule has 0 saturated carbocycles. The van der Waals surface area contributed by atoms with Gasteiger partial charge in [0.05, 0.1) is 19.9 Å². The molecule has 0 aliphatic carbocycles. The van der Waals surface area contributed by atoms with Gasteiger partial charge in [0, 0.05) is 5.75 Å². The maximum absolute atomic E-state index is 13.5. The van der Waals surface area contributed by atoms with E-state index in [-0.39, 0.29) is 11.6 Å². The zero-order valence-electron chi connectivity index (χ0n) is 11.0. The molecular weight excluding hydrogens is 279 g/mol. The third-order valence-corrected chi connectivity index (χ3v) is 3.48. The summed E-state index contributed by atoms with van der Waals surface area (Å²) < 4.78 is 23.5. The Kier molecular flexibility index (Phi) is 5.06. The number of nitrogens with two attached hydrogens (primary N) is 1. The van der Waals surface area contributed by atoms with Crippen LogP contribution in [0.4, 0.5) is 4.39 Å². The van der Waals surface area contributed by atoms with Gasteiger partial charge in [-0.3, -0.25) is 4.99 Å². The van der Waals surface area contributed by atoms with Crippen molar-refractivity contribution in [1.29, 1.82) is 0 Å². The van der Waals surface area contributed by atoms with Crippen molar-refractivity contribution < 1.29 is 13.5 Å². The smallest absolute Gasteiger partial charge is 0.165 e. The summed E-state index contributed by atoms with van der Waals surface area (Å²) in [6.07, 6.45) is 1.59. The molecule has 0 spiro atoms. The average molecular weight is 294 g/mol. The molecule has 1 aromatic heterocycles. The highest BCUT2D eigenvalue weighted by Crippen LogP contribution is 2.20. The summed E-state index contributed by atoms with van der Waals surface area (Å²) in [5.41, 5.74) is 6.61. The summed E-state index contributed by atoms with van der Waals surface area (Å²) >= 11 is 1.35. The average Bonchev–Trinajstić information content (AvgIpc) is 2.96. The van der Waals surface area contributed by atoms with Gasteiger partial charge in [-0.15, -0.1) is 0 Å². The molecule has 1 heterocycles. The van der Waals surface area contributed by atoms with E-state index < -0.39 is 0 Å². The van der Waals surface area contributed by atoms with E-state index in [4.69, 9.17) is 14.9 Å². The van der Waals surface area contributed by atoms with Crippen LogP contribution in [0.25, 0.3) is 0 Å². The number of hydrogen-bond donors (Lipinski definition) is 1. The Morgan fingerprint density at radius 1 is 1.45 bits per heavy atom. The molecule has 20 heavy (non-hydrogen) atoms. The molecule has 2 rings (SSSR count). The molecule has 0 aliphatic rings. The number of thioether (sulfide) groups is 1. The van der Waals surface area contributed by atoms with Crippen LogP contribution in [-0.4, -0.2) is 12.3 Å². The van der Waals surface area contributed by atoms with Gasteiger partial charge in [0.1, 0.15) is 5.76 Å². The number of furan rings is 1. The molecule has 0 bridgehead atoms. The Morgan fingerprint density at radius 2 is 2.30 bits per heavy atom. The summed E-state index contributed by atoms with van der Waals surface area (Å²) in [6, 6.07) is 8.47. The molecule has 1 aromatic carbocycles. The van der Waals surface area contributed by atoms with E-state index >= 15 is 0 Å². The van der Waals surface area contributed by atoms with Gasteiger partial charge in [0.15, 0.2) is 16.7 Å². The van der Waals surface area contributed by atoms with Crippen molar-refractivity contribution in [2.75, 3.05) is 7.11 Å². The molecule has 0 saturated heterocycles. The number of halogens is 1. The number of benzene rings is 1. The second-order valence-corrected chi connectivity index (χ2v) is 4.99. The maximum atomic E-state index is 13.5. The lowest BCUT2D eigenvalue weighted by atomic mass is 10.2. The fraction of sp³-hybridized carbons (Fsp3) is 0.214. The minimum Gasteiger partial charge on any atom is -0.494 e. The standard InChI is InChI=1S/C14H15FN2O2S/c1-18-13-5-4-10(7-12(13)15)9-20-14(16)17-8-11-3-2-6-19-11/h2-7H,8-9H2,1H3,(H2,16,17). The zero-order chi connectivity index (χ0) is 14.4. The first-order valence-electron chi connectivity index (χ1n) is 5.96. The molecule has 106 valence electrons. The largest absolute Gasteiger partial charge is 0.494 e. The molecule has 2 aromatic rings. The van der Waals surface area contributed by atoms with E-state index in [9.17, 15) is 4.39 Å². The predicted octanol–water partition coefficient (Wildman–Crippen LogP) is 3.18. The van der Waals surface area contributed by atoms with E-state index in [1.165, 1.54) is 24.9 Å². The van der Waals surface area contributed by atoms with Crippen LogP contribution in [0.15, 0.2) is 46.0 Å². The van der Waals surface area contributed by atoms with E-state index in [0.717, 1.165) is 11.3 Å². The second kappa shape index (κ2) is 7.00. The minimum absolute atomic E-state index is 0.234. The Bertz CT molecular complexity index is 585. The van der Waals surface area contributed by atoms with Crippen molar-refractivity contribution in [2.24, 2.45) is 10.7 Å². The Hall–Kier alpha value is -1.95. The van der Waals surface area contributed by atoms with Crippen molar-refractivity contribution in [3.05, 3.63) is 53.7 Å². The zero-order valence-corrected chi connectivity index (χ0v) is 11.8. The lowest BCUT2D eigenvalue weighted by molar-refractivity contribution is 0.386. The predicted molar refractivity (Wildman–Crippen MR) is 78.3 cm³/mol. The molecule has 0 aliphatic heterocycles. The van der Waals surface area contributed by atoms with E-state index in [1.807, 2.05) is 6.07 Å². The van der Waals surface area contributed by atoms with E-state index in [0.29, 0.717) is 17.5 Å². The molecule has 0 unspecified atom stereocenters. The van der Waals surface area contributed by atoms with Gasteiger partial charge in [0.2, 0.25) is 0 Å². The lowest BCUT2D eigenvalue weighted by Crippen LogP contribution is -2.07. The Balaban J connectivity index is 1.88. The third kappa shape index (κ3) is 4.03. The van der Waals surface area contributed by atoms with Crippen LogP contribution in [0.5, 0.6) is 5.75 Å². The van der Waals surface area contributed by atoms with Crippen LogP contribution in [0, 0.1) is 5.82 Å². The summed E-state index contributed by atoms with van der Waals surface area (Å²) in [7, 11) is 1.44. The van der Waals surface area contributed by atoms with Crippen LogP contribution in [0.1, 0.15) is 11.3 Å². The van der Waals surface area contributed by atoms with Crippen molar-refractivity contribution in [3.8, 4) is 5.75 Å². The fourth-order valence-electron chi connectivity index (χ4n) is 1.56. The normalized spacial score (nSPS) is 11.6. The van der Waals surface area contributed by atoms with Gasteiger partial charge in [-0.1, -0.05) is 17.8 Å². The quantitative estimate of drug-likeness (QED) is 0.679. The molecule has 2 N–H and O–H groups in total. The van der Waals surface area contributed by atoms with Crippen molar-refractivity contribution >= 4 is 16.9 Å². The first kappa shape index (κ1) is 14.5. The van der Waals surface area contributed by atoms with E-state index in [2.05, 4.69) is 4.99 Å². The highest BCUT2D eigenvalue weighted by molar-refractivity contribution is 8.13. The molecular formula is C14H15FN2O2S. The van der Waals surface area contributed by atoms with Crippen LogP contribution < -0.4 is 10.5 Å². The van der Waals surface area contributed by atoms with Crippen molar-refractivity contribution in [2.45, 2.75) is 12.3 Å². The third-order valence-electron chi connectivity index (χ3n) is 2.57. The molecule has 6 heteroatoms. The summed E-state index contributed by atoms with van der Waals surface area (Å²) in [6.45, 7) is 0.406. The minimum atomic E-state index is -0.378. The first-order valence-corrected chi connectivity index (χ1v) is 6.95. The topological polar surface area (TPSA) is 60.8 Å². The van der Waals surface area contributed by atoms with Gasteiger partial charge in [0.25, 0.3) is 0 Å². The van der Waals surface area contributed by atoms with E-state index in [1.54, 1.807) is 24.5 Å². The van der Waals surface area contributed by atoms with Crippen molar-refractivity contribution in [1.82, 2.24) is 0 Å². The SMILES string of the molecule is COc1ccc(CSC(N)=NCc2ccco2)cc1F. The highest BCUT2D eigenvalue weighted by atomic mass is 32.2. The number of methoxy groups -OCH3 is 1. The Morgan fingerprint density at radius 3 is 2.95 bits per heavy atom. The molecule has 0 fully saturated rings. The fourth-order valence-corrected chi connectivity index (χ4v) is 2.21. The van der Waals surface area contributed by atoms with Gasteiger partial charge < -0.3 is 14.9 Å². The van der Waals surface area contributed by atoms with Gasteiger partial charge in [-0.2, -0.15) is 0 Å². The highest BCUT2D eigenvalue weighted by Gasteiger charge is 2.04. The molecule has 0 amide bonds. The molecule has 0 radical (unpaired) electrons. The number of amidine groups is 1. The van der Waals surface area contributed by atoms with Gasteiger partial charge >= 0.3 is 0 Å². The maximum Gasteiger partial charge on any atom is 0.165 e. The number of ether oxygens (including phenoxy) is 1. The number of aliphatic imine (C=N–C) groups is 1. The monoisotopic (exact) mass is 294 g/mol. The van der Waals surface area contributed by atoms with Crippen LogP contribution in [0.3, 0.4) is 0 Å². The number of rotatable bonds is 5. The molecule has 4 nitrogen and oxygen atoms in total. The van der Waals surface area contributed by atoms with Gasteiger partial charge in [-0.25, -0.2) is 4.39 Å². The first-order chi connectivity index (χ1) is 9.69. The molecule has 0 atom stereocenters. The Labute approximate surface area is 120 Å². The number of nitrogens with zero attached hydrogens (tertiary/aromatic N) is 1. The van der Waals surface area contributed by atoms with Gasteiger partial charge in [-0.05, 0) is 29.8 Å². The summed E-state index contributed by atoms with van der Waals surface area (Å²) in [5, 5.41) is 0.442. The van der Waals surface area contributed by atoms with Crippen LogP contribution in [-0.2, 0) is 12.3 Å².